The molecule has 11 heteroatoms. The fraction of sp³-hybridized carbons (Fsp3) is 0.276. The molecule has 1 aliphatic heterocycles. The summed E-state index contributed by atoms with van der Waals surface area (Å²) in [6, 6.07) is 13.1. The maximum absolute atomic E-state index is 12.8. The summed E-state index contributed by atoms with van der Waals surface area (Å²) < 4.78 is 10.3. The van der Waals surface area contributed by atoms with Crippen molar-refractivity contribution in [2.24, 2.45) is 0 Å². The molecule has 4 rings (SSSR count). The van der Waals surface area contributed by atoms with E-state index in [0.717, 1.165) is 9.96 Å². The highest BCUT2D eigenvalue weighted by Crippen LogP contribution is 2.39. The van der Waals surface area contributed by atoms with Gasteiger partial charge in [0.1, 0.15) is 0 Å². The van der Waals surface area contributed by atoms with Gasteiger partial charge < -0.3 is 15.2 Å². The number of rotatable bonds is 10. The van der Waals surface area contributed by atoms with Crippen molar-refractivity contribution in [2.75, 3.05) is 39.1 Å². The van der Waals surface area contributed by atoms with Gasteiger partial charge in [0.2, 0.25) is 5.91 Å². The molecule has 1 aromatic carbocycles. The fourth-order valence-electron chi connectivity index (χ4n) is 4.50. The molecule has 208 valence electrons. The number of esters is 2. The second-order valence-electron chi connectivity index (χ2n) is 8.88. The van der Waals surface area contributed by atoms with Crippen LogP contribution in [0, 0.1) is 0 Å². The average Bonchev–Trinajstić information content (AvgIpc) is 3.25. The molecular formula is C29H29N3O8. The zero-order valence-corrected chi connectivity index (χ0v) is 22.4. The number of carbonyl (C=O) groups excluding carboxylic acids is 5. The Morgan fingerprint density at radius 1 is 0.800 bits per heavy atom. The van der Waals surface area contributed by atoms with Crippen LogP contribution in [0.1, 0.15) is 60.8 Å². The first kappa shape index (κ1) is 28.2. The van der Waals surface area contributed by atoms with Gasteiger partial charge in [-0.25, -0.2) is 14.7 Å². The number of fused-ring (bicyclic) bond motifs is 2. The van der Waals surface area contributed by atoms with Crippen LogP contribution in [0.2, 0.25) is 0 Å². The monoisotopic (exact) mass is 547 g/mol. The number of imide groups is 1. The van der Waals surface area contributed by atoms with Crippen molar-refractivity contribution in [1.82, 2.24) is 9.96 Å². The first-order valence-electron chi connectivity index (χ1n) is 12.7. The largest absolute Gasteiger partial charge is 0.462 e. The molecule has 0 spiro atoms. The van der Waals surface area contributed by atoms with Crippen LogP contribution in [-0.4, -0.2) is 73.0 Å². The van der Waals surface area contributed by atoms with Crippen molar-refractivity contribution in [3.05, 3.63) is 76.3 Å². The van der Waals surface area contributed by atoms with E-state index in [1.807, 2.05) is 0 Å². The van der Waals surface area contributed by atoms with Crippen LogP contribution < -0.4 is 5.73 Å². The molecule has 3 aliphatic rings. The Labute approximate surface area is 230 Å². The van der Waals surface area contributed by atoms with Gasteiger partial charge in [-0.2, -0.15) is 0 Å². The molecule has 0 saturated carbocycles. The minimum absolute atomic E-state index is 0.0200. The molecule has 40 heavy (non-hydrogen) atoms. The fourth-order valence-corrected chi connectivity index (χ4v) is 4.50. The second kappa shape index (κ2) is 12.0. The number of carbonyl (C=O) groups is 5. The van der Waals surface area contributed by atoms with Crippen molar-refractivity contribution in [3.8, 4) is 11.1 Å². The maximum atomic E-state index is 12.8. The van der Waals surface area contributed by atoms with Gasteiger partial charge in [-0.05, 0) is 42.7 Å². The summed E-state index contributed by atoms with van der Waals surface area (Å²) in [7, 11) is 1.43. The van der Waals surface area contributed by atoms with E-state index in [1.165, 1.54) is 7.05 Å². The smallest absolute Gasteiger partial charge is 0.340 e. The second-order valence-corrected chi connectivity index (χ2v) is 8.88. The first-order valence-corrected chi connectivity index (χ1v) is 12.7. The van der Waals surface area contributed by atoms with Crippen molar-refractivity contribution >= 4 is 35.3 Å². The van der Waals surface area contributed by atoms with Crippen molar-refractivity contribution in [3.63, 3.8) is 0 Å². The molecule has 2 aliphatic carbocycles. The number of hydrogen-bond acceptors (Lipinski definition) is 9. The lowest BCUT2D eigenvalue weighted by atomic mass is 10.1. The molecule has 2 N–H and O–H groups in total. The van der Waals surface area contributed by atoms with Crippen molar-refractivity contribution < 1.29 is 38.3 Å². The van der Waals surface area contributed by atoms with Gasteiger partial charge in [0.05, 0.1) is 60.7 Å². The third kappa shape index (κ3) is 5.36. The number of hydrogen-bond donors (Lipinski definition) is 1. The number of nitrogens with two attached hydrogens (primary N) is 1. The van der Waals surface area contributed by atoms with E-state index in [9.17, 15) is 24.0 Å². The first-order chi connectivity index (χ1) is 19.2. The third-order valence-corrected chi connectivity index (χ3v) is 6.44. The molecule has 0 unspecified atom stereocenters. The quantitative estimate of drug-likeness (QED) is 0.230. The highest BCUT2D eigenvalue weighted by atomic mass is 16.7. The minimum atomic E-state index is -0.671. The Kier molecular flexibility index (Phi) is 8.44. The molecule has 0 fully saturated rings. The Morgan fingerprint density at radius 2 is 1.30 bits per heavy atom. The number of benzene rings is 1. The van der Waals surface area contributed by atoms with Gasteiger partial charge in [-0.15, -0.1) is 0 Å². The lowest BCUT2D eigenvalue weighted by Gasteiger charge is -2.19. The minimum Gasteiger partial charge on any atom is -0.462 e. The molecule has 0 bridgehead atoms. The molecule has 1 heterocycles. The number of amides is 3. The number of hydroxylamine groups is 2. The number of nitrogens with zero attached hydrogens (tertiary/aromatic N) is 2. The standard InChI is InChI=1S/C29H29N3O8/c1-4-38-28(36)23-18-12-10-17(11-13-19(18)24(25(23)30)29(37)39-5-2)16-22(33)31(3)40-15-14-32-26(34)20-8-6-7-9-21(20)27(32)35/h6-13H,4-5,14-16,30H2,1-3H3. The van der Waals surface area contributed by atoms with E-state index in [0.29, 0.717) is 27.8 Å². The van der Waals surface area contributed by atoms with Gasteiger partial charge in [0.15, 0.2) is 0 Å². The highest BCUT2D eigenvalue weighted by Gasteiger charge is 2.35. The highest BCUT2D eigenvalue weighted by molar-refractivity contribution is 6.21. The van der Waals surface area contributed by atoms with Crippen LogP contribution in [-0.2, 0) is 25.5 Å². The molecule has 0 atom stereocenters. The summed E-state index contributed by atoms with van der Waals surface area (Å²) in [6.07, 6.45) is -0.0697. The summed E-state index contributed by atoms with van der Waals surface area (Å²) in [4.78, 5) is 69.7. The topological polar surface area (TPSA) is 146 Å². The Balaban J connectivity index is 1.46. The van der Waals surface area contributed by atoms with Crippen LogP contribution in [0.4, 0.5) is 5.69 Å². The lowest BCUT2D eigenvalue weighted by molar-refractivity contribution is -0.177. The average molecular weight is 548 g/mol. The van der Waals surface area contributed by atoms with Crippen LogP contribution >= 0.6 is 0 Å². The van der Waals surface area contributed by atoms with Gasteiger partial charge in [0.25, 0.3) is 11.8 Å². The van der Waals surface area contributed by atoms with E-state index in [4.69, 9.17) is 20.0 Å². The van der Waals surface area contributed by atoms with Gasteiger partial charge >= 0.3 is 11.9 Å². The van der Waals surface area contributed by atoms with Gasteiger partial charge in [-0.1, -0.05) is 36.4 Å². The van der Waals surface area contributed by atoms with E-state index >= 15 is 0 Å². The van der Waals surface area contributed by atoms with Gasteiger partial charge in [0, 0.05) is 7.05 Å². The summed E-state index contributed by atoms with van der Waals surface area (Å²) in [5.74, 6) is -2.55. The predicted octanol–water partition coefficient (Wildman–Crippen LogP) is 2.96. The summed E-state index contributed by atoms with van der Waals surface area (Å²) in [5, 5.41) is 1.04. The van der Waals surface area contributed by atoms with Crippen LogP contribution in [0.15, 0.2) is 48.5 Å². The zero-order chi connectivity index (χ0) is 29.0. The molecule has 11 nitrogen and oxygen atoms in total. The summed E-state index contributed by atoms with van der Waals surface area (Å²) >= 11 is 0. The number of likely N-dealkylation sites (N-methyl/N-ethyl adjacent to an activating group) is 1. The lowest BCUT2D eigenvalue weighted by Crippen LogP contribution is -2.36. The SMILES string of the molecule is CCOC(=O)c1c2ccc(CC(=O)N(C)OCCN3C(=O)c4ccccc4C3=O)ccc-2c(C(=O)OCC)c1N. The van der Waals surface area contributed by atoms with Crippen molar-refractivity contribution in [1.29, 1.82) is 0 Å². The number of nitrogen functional groups attached to an aromatic ring is 1. The molecule has 0 saturated heterocycles. The van der Waals surface area contributed by atoms with Crippen LogP contribution in [0.5, 0.6) is 0 Å². The summed E-state index contributed by atoms with van der Waals surface area (Å²) in [6.45, 7) is 3.47. The normalized spacial score (nSPS) is 12.4. The molecule has 0 aromatic heterocycles. The Hall–Kier alpha value is -4.77. The maximum Gasteiger partial charge on any atom is 0.340 e. The van der Waals surface area contributed by atoms with Crippen molar-refractivity contribution in [2.45, 2.75) is 20.3 Å². The molecule has 0 radical (unpaired) electrons. The third-order valence-electron chi connectivity index (χ3n) is 6.44. The number of anilines is 1. The summed E-state index contributed by atoms with van der Waals surface area (Å²) in [5.41, 5.74) is 8.31. The Bertz CT molecular complexity index is 1380. The van der Waals surface area contributed by atoms with Crippen LogP contribution in [0.3, 0.4) is 0 Å². The molecule has 3 amide bonds. The van der Waals surface area contributed by atoms with E-state index in [1.54, 1.807) is 62.4 Å². The molecular weight excluding hydrogens is 518 g/mol. The zero-order valence-electron chi connectivity index (χ0n) is 22.4. The van der Waals surface area contributed by atoms with Gasteiger partial charge in [-0.3, -0.25) is 24.1 Å². The predicted molar refractivity (Wildman–Crippen MR) is 144 cm³/mol. The van der Waals surface area contributed by atoms with Crippen LogP contribution in [0.25, 0.3) is 11.1 Å². The van der Waals surface area contributed by atoms with E-state index in [-0.39, 0.29) is 49.6 Å². The van der Waals surface area contributed by atoms with E-state index < -0.39 is 29.7 Å². The number of ether oxygens (including phenoxy) is 2. The molecule has 1 aromatic rings. The Morgan fingerprint density at radius 3 is 1.77 bits per heavy atom. The van der Waals surface area contributed by atoms with E-state index in [2.05, 4.69) is 0 Å².